The van der Waals surface area contributed by atoms with Crippen LogP contribution < -0.4 is 0 Å². The van der Waals surface area contributed by atoms with Crippen LogP contribution in [-0.2, 0) is 9.84 Å². The Hall–Kier alpha value is -1.43. The Morgan fingerprint density at radius 3 is 2.43 bits per heavy atom. The Morgan fingerprint density at radius 1 is 1.33 bits per heavy atom. The number of rotatable bonds is 4. The van der Waals surface area contributed by atoms with Crippen molar-refractivity contribution >= 4 is 15.7 Å². The first-order chi connectivity index (χ1) is 9.78. The smallest absolute Gasteiger partial charge is 0.254 e. The van der Waals surface area contributed by atoms with Crippen molar-refractivity contribution in [2.45, 2.75) is 26.3 Å². The van der Waals surface area contributed by atoms with Gasteiger partial charge in [0.15, 0.2) is 9.84 Å². The average molecular weight is 313 g/mol. The molecule has 1 fully saturated rings. The summed E-state index contributed by atoms with van der Waals surface area (Å²) in [7, 11) is -3.05. The lowest BCUT2D eigenvalue weighted by Crippen LogP contribution is -2.43. The lowest BCUT2D eigenvalue weighted by atomic mass is 10.1. The van der Waals surface area contributed by atoms with E-state index in [1.165, 1.54) is 24.3 Å². The molecule has 1 saturated heterocycles. The maximum absolute atomic E-state index is 13.0. The fourth-order valence-corrected chi connectivity index (χ4v) is 4.30. The van der Waals surface area contributed by atoms with Crippen LogP contribution >= 0.6 is 0 Å². The zero-order valence-electron chi connectivity index (χ0n) is 12.3. The lowest BCUT2D eigenvalue weighted by molar-refractivity contribution is 0.0672. The molecular formula is C15H20FNO3S. The van der Waals surface area contributed by atoms with E-state index >= 15 is 0 Å². The van der Waals surface area contributed by atoms with Gasteiger partial charge in [-0.25, -0.2) is 12.8 Å². The van der Waals surface area contributed by atoms with E-state index in [1.54, 1.807) is 4.90 Å². The van der Waals surface area contributed by atoms with Gasteiger partial charge in [0.1, 0.15) is 5.82 Å². The molecule has 1 aromatic carbocycles. The van der Waals surface area contributed by atoms with Crippen molar-refractivity contribution in [1.82, 2.24) is 4.90 Å². The maximum Gasteiger partial charge on any atom is 0.254 e. The topological polar surface area (TPSA) is 54.5 Å². The van der Waals surface area contributed by atoms with Crippen LogP contribution in [0, 0.1) is 11.7 Å². The molecule has 0 saturated carbocycles. The summed E-state index contributed by atoms with van der Waals surface area (Å²) in [6.45, 7) is 4.46. The normalized spacial score (nSPS) is 20.7. The molecule has 1 heterocycles. The van der Waals surface area contributed by atoms with E-state index in [2.05, 4.69) is 0 Å². The first kappa shape index (κ1) is 15.9. The Bertz CT molecular complexity index is 610. The molecule has 0 spiro atoms. The minimum absolute atomic E-state index is 0.0205. The van der Waals surface area contributed by atoms with Crippen LogP contribution in [0.25, 0.3) is 0 Å². The van der Waals surface area contributed by atoms with E-state index < -0.39 is 15.7 Å². The number of hydrogen-bond donors (Lipinski definition) is 0. The SMILES string of the molecule is CC(C)CN(C(=O)c1ccc(F)cc1)[C@H]1CCS(=O)(=O)C1. The largest absolute Gasteiger partial charge is 0.334 e. The van der Waals surface area contributed by atoms with Crippen LogP contribution in [0.15, 0.2) is 24.3 Å². The summed E-state index contributed by atoms with van der Waals surface area (Å²) in [6, 6.07) is 5.08. The summed E-state index contributed by atoms with van der Waals surface area (Å²) in [4.78, 5) is 14.2. The van der Waals surface area contributed by atoms with E-state index in [0.717, 1.165) is 0 Å². The number of sulfone groups is 1. The van der Waals surface area contributed by atoms with Gasteiger partial charge < -0.3 is 4.90 Å². The molecule has 116 valence electrons. The van der Waals surface area contributed by atoms with Crippen molar-refractivity contribution in [3.8, 4) is 0 Å². The molecule has 6 heteroatoms. The number of halogens is 1. The monoisotopic (exact) mass is 313 g/mol. The third kappa shape index (κ3) is 4.03. The Labute approximate surface area is 124 Å². The molecule has 4 nitrogen and oxygen atoms in total. The van der Waals surface area contributed by atoms with Gasteiger partial charge in [0.25, 0.3) is 5.91 Å². The quantitative estimate of drug-likeness (QED) is 0.855. The minimum atomic E-state index is -3.05. The molecular weight excluding hydrogens is 293 g/mol. The second-order valence-electron chi connectivity index (χ2n) is 5.92. The third-order valence-electron chi connectivity index (χ3n) is 3.56. The Morgan fingerprint density at radius 2 is 1.95 bits per heavy atom. The molecule has 21 heavy (non-hydrogen) atoms. The number of hydrogen-bond acceptors (Lipinski definition) is 3. The number of amides is 1. The van der Waals surface area contributed by atoms with Crippen molar-refractivity contribution in [1.29, 1.82) is 0 Å². The summed E-state index contributed by atoms with van der Waals surface area (Å²) < 4.78 is 36.3. The van der Waals surface area contributed by atoms with Crippen molar-refractivity contribution in [2.24, 2.45) is 5.92 Å². The molecule has 0 N–H and O–H groups in total. The lowest BCUT2D eigenvalue weighted by Gasteiger charge is -2.30. The van der Waals surface area contributed by atoms with E-state index in [4.69, 9.17) is 0 Å². The fourth-order valence-electron chi connectivity index (χ4n) is 2.57. The maximum atomic E-state index is 13.0. The summed E-state index contributed by atoms with van der Waals surface area (Å²) in [5, 5.41) is 0. The van der Waals surface area contributed by atoms with Gasteiger partial charge >= 0.3 is 0 Å². The molecule has 1 aliphatic rings. The molecule has 0 unspecified atom stereocenters. The van der Waals surface area contributed by atoms with Crippen molar-refractivity contribution in [3.05, 3.63) is 35.6 Å². The summed E-state index contributed by atoms with van der Waals surface area (Å²) in [6.07, 6.45) is 0.474. The third-order valence-corrected chi connectivity index (χ3v) is 5.31. The molecule has 1 atom stereocenters. The zero-order chi connectivity index (χ0) is 15.6. The van der Waals surface area contributed by atoms with Crippen LogP contribution in [0.2, 0.25) is 0 Å². The van der Waals surface area contributed by atoms with Gasteiger partial charge in [-0.3, -0.25) is 4.79 Å². The summed E-state index contributed by atoms with van der Waals surface area (Å²) in [5.41, 5.74) is 0.390. The fraction of sp³-hybridized carbons (Fsp3) is 0.533. The number of carbonyl (C=O) groups excluding carboxylic acids is 1. The van der Waals surface area contributed by atoms with Gasteiger partial charge in [0.05, 0.1) is 11.5 Å². The van der Waals surface area contributed by atoms with E-state index in [9.17, 15) is 17.6 Å². The van der Waals surface area contributed by atoms with Gasteiger partial charge in [-0.15, -0.1) is 0 Å². The van der Waals surface area contributed by atoms with Crippen LogP contribution in [0.1, 0.15) is 30.6 Å². The highest BCUT2D eigenvalue weighted by Crippen LogP contribution is 2.21. The molecule has 1 aromatic rings. The molecule has 1 aliphatic heterocycles. The van der Waals surface area contributed by atoms with E-state index in [-0.39, 0.29) is 29.4 Å². The van der Waals surface area contributed by atoms with Gasteiger partial charge in [0, 0.05) is 18.2 Å². The Kier molecular flexibility index (Phi) is 4.66. The molecule has 1 amide bonds. The summed E-state index contributed by atoms with van der Waals surface area (Å²) >= 11 is 0. The van der Waals surface area contributed by atoms with Crippen LogP contribution in [0.5, 0.6) is 0 Å². The van der Waals surface area contributed by atoms with Gasteiger partial charge in [0.2, 0.25) is 0 Å². The molecule has 0 aromatic heterocycles. The van der Waals surface area contributed by atoms with E-state index in [0.29, 0.717) is 18.5 Å². The average Bonchev–Trinajstić information content (AvgIpc) is 2.76. The Balaban J connectivity index is 2.23. The minimum Gasteiger partial charge on any atom is -0.334 e. The van der Waals surface area contributed by atoms with Crippen molar-refractivity contribution < 1.29 is 17.6 Å². The number of nitrogens with zero attached hydrogens (tertiary/aromatic N) is 1. The highest BCUT2D eigenvalue weighted by atomic mass is 32.2. The van der Waals surface area contributed by atoms with Crippen molar-refractivity contribution in [3.63, 3.8) is 0 Å². The number of carbonyl (C=O) groups is 1. The first-order valence-corrected chi connectivity index (χ1v) is 8.87. The van der Waals surface area contributed by atoms with Crippen LogP contribution in [-0.4, -0.2) is 43.3 Å². The van der Waals surface area contributed by atoms with E-state index in [1.807, 2.05) is 13.8 Å². The standard InChI is InChI=1S/C15H20FNO3S/c1-11(2)9-17(14-7-8-21(19,20)10-14)15(18)12-3-5-13(16)6-4-12/h3-6,11,14H,7-10H2,1-2H3/t14-/m0/s1. The molecule has 2 rings (SSSR count). The number of benzene rings is 1. The van der Waals surface area contributed by atoms with Gasteiger partial charge in [-0.1, -0.05) is 13.8 Å². The first-order valence-electron chi connectivity index (χ1n) is 7.05. The predicted molar refractivity (Wildman–Crippen MR) is 79.3 cm³/mol. The zero-order valence-corrected chi connectivity index (χ0v) is 13.1. The van der Waals surface area contributed by atoms with Gasteiger partial charge in [-0.05, 0) is 36.6 Å². The second kappa shape index (κ2) is 6.13. The van der Waals surface area contributed by atoms with Crippen LogP contribution in [0.3, 0.4) is 0 Å². The molecule has 0 bridgehead atoms. The summed E-state index contributed by atoms with van der Waals surface area (Å²) in [5.74, 6) is -0.246. The highest BCUT2D eigenvalue weighted by Gasteiger charge is 2.35. The van der Waals surface area contributed by atoms with Crippen molar-refractivity contribution in [2.75, 3.05) is 18.1 Å². The second-order valence-corrected chi connectivity index (χ2v) is 8.14. The predicted octanol–water partition coefficient (Wildman–Crippen LogP) is 2.11. The molecule has 0 aliphatic carbocycles. The van der Waals surface area contributed by atoms with Gasteiger partial charge in [-0.2, -0.15) is 0 Å². The van der Waals surface area contributed by atoms with Crippen LogP contribution in [0.4, 0.5) is 4.39 Å². The molecule has 0 radical (unpaired) electrons. The highest BCUT2D eigenvalue weighted by molar-refractivity contribution is 7.91.